The molecule has 1 amide bonds. The molecule has 3 heterocycles. The van der Waals surface area contributed by atoms with Crippen molar-refractivity contribution < 1.29 is 24.2 Å². The zero-order valence-electron chi connectivity index (χ0n) is 14.3. The molecular formula is C16H18N4O6. The lowest BCUT2D eigenvalue weighted by atomic mass is 10.2. The number of fused-ring (bicyclic) bond motifs is 1. The monoisotopic (exact) mass is 362 g/mol. The van der Waals surface area contributed by atoms with Crippen molar-refractivity contribution in [3.63, 3.8) is 0 Å². The van der Waals surface area contributed by atoms with Gasteiger partial charge >= 0.3 is 11.5 Å². The van der Waals surface area contributed by atoms with Gasteiger partial charge in [0.05, 0.1) is 31.7 Å². The molecule has 10 heteroatoms. The van der Waals surface area contributed by atoms with E-state index in [0.717, 1.165) is 11.5 Å². The van der Waals surface area contributed by atoms with Gasteiger partial charge in [0.1, 0.15) is 0 Å². The lowest BCUT2D eigenvalue weighted by Gasteiger charge is -2.29. The number of ether oxygens (including phenoxy) is 2. The van der Waals surface area contributed by atoms with Gasteiger partial charge in [-0.1, -0.05) is 0 Å². The molecule has 0 saturated carbocycles. The summed E-state index contributed by atoms with van der Waals surface area (Å²) in [4.78, 5) is 41.9. The molecule has 0 unspecified atom stereocenters. The summed E-state index contributed by atoms with van der Waals surface area (Å²) in [5.74, 6) is -2.14. The molecule has 0 aliphatic carbocycles. The number of esters is 1. The molecule has 0 radical (unpaired) electrons. The van der Waals surface area contributed by atoms with E-state index < -0.39 is 23.0 Å². The van der Waals surface area contributed by atoms with Crippen LogP contribution >= 0.6 is 0 Å². The van der Waals surface area contributed by atoms with E-state index in [2.05, 4.69) is 15.0 Å². The number of nitrogens with zero attached hydrogens (tertiary/aromatic N) is 3. The number of pyridine rings is 1. The van der Waals surface area contributed by atoms with E-state index in [0.29, 0.717) is 32.0 Å². The van der Waals surface area contributed by atoms with E-state index in [9.17, 15) is 19.5 Å². The zero-order valence-corrected chi connectivity index (χ0v) is 14.3. The molecule has 2 aromatic rings. The molecule has 1 saturated heterocycles. The zero-order chi connectivity index (χ0) is 18.8. The number of hydrogen-bond acceptors (Lipinski definition) is 8. The van der Waals surface area contributed by atoms with Crippen molar-refractivity contribution >= 4 is 28.9 Å². The second-order valence-electron chi connectivity index (χ2n) is 5.69. The van der Waals surface area contributed by atoms with Gasteiger partial charge < -0.3 is 24.8 Å². The van der Waals surface area contributed by atoms with E-state index in [1.165, 1.54) is 13.1 Å². The quantitative estimate of drug-likeness (QED) is 0.731. The number of anilines is 2. The van der Waals surface area contributed by atoms with E-state index in [1.54, 1.807) is 6.07 Å². The van der Waals surface area contributed by atoms with Crippen molar-refractivity contribution in [1.29, 1.82) is 0 Å². The number of morpholine rings is 1. The first kappa shape index (κ1) is 17.7. The van der Waals surface area contributed by atoms with Crippen molar-refractivity contribution in [2.45, 2.75) is 6.92 Å². The Kier molecular flexibility index (Phi) is 4.76. The summed E-state index contributed by atoms with van der Waals surface area (Å²) >= 11 is 0. The van der Waals surface area contributed by atoms with Crippen molar-refractivity contribution in [1.82, 2.24) is 9.38 Å². The molecule has 2 N–H and O–H groups in total. The van der Waals surface area contributed by atoms with Crippen LogP contribution < -0.4 is 15.8 Å². The molecule has 138 valence electrons. The number of nitrogens with one attached hydrogen (secondary N) is 1. The molecule has 1 fully saturated rings. The van der Waals surface area contributed by atoms with Crippen LogP contribution in [0.25, 0.3) is 5.65 Å². The molecule has 0 atom stereocenters. The number of carbonyl (C=O) groups excluding carboxylic acids is 2. The first-order valence-corrected chi connectivity index (χ1v) is 7.90. The first-order chi connectivity index (χ1) is 12.4. The van der Waals surface area contributed by atoms with E-state index in [1.807, 2.05) is 4.90 Å². The summed E-state index contributed by atoms with van der Waals surface area (Å²) in [5, 5.41) is 12.7. The van der Waals surface area contributed by atoms with Crippen molar-refractivity contribution in [3.05, 3.63) is 28.3 Å². The predicted molar refractivity (Wildman–Crippen MR) is 91.8 cm³/mol. The average Bonchev–Trinajstić information content (AvgIpc) is 2.64. The summed E-state index contributed by atoms with van der Waals surface area (Å²) in [6, 6.07) is 1.66. The fourth-order valence-electron chi connectivity index (χ4n) is 2.73. The number of carbonyl (C=O) groups is 2. The largest absolute Gasteiger partial charge is 0.501 e. The Bertz CT molecular complexity index is 932. The lowest BCUT2D eigenvalue weighted by molar-refractivity contribution is -0.114. The van der Waals surface area contributed by atoms with Gasteiger partial charge in [-0.2, -0.15) is 0 Å². The molecular weight excluding hydrogens is 344 g/mol. The van der Waals surface area contributed by atoms with E-state index in [-0.39, 0.29) is 17.2 Å². The SMILES string of the molecule is COC(=O)c1nc2c(NC(C)=O)cc(N3CCOCC3)cn2c(=O)c1O. The number of aromatic nitrogens is 2. The third-order valence-corrected chi connectivity index (χ3v) is 3.95. The Balaban J connectivity index is 2.25. The Hall–Kier alpha value is -3.14. The minimum Gasteiger partial charge on any atom is -0.501 e. The number of methoxy groups -OCH3 is 1. The number of amides is 1. The molecule has 1 aliphatic rings. The molecule has 10 nitrogen and oxygen atoms in total. The van der Waals surface area contributed by atoms with Crippen molar-refractivity contribution in [2.75, 3.05) is 43.6 Å². The standard InChI is InChI=1S/C16H18N4O6/c1-9(21)17-11-7-10(19-3-5-26-6-4-19)8-20-14(11)18-12(16(24)25-2)13(22)15(20)23/h7-8,22H,3-6H2,1-2H3,(H,17,21). The van der Waals surface area contributed by atoms with Crippen LogP contribution in [0.2, 0.25) is 0 Å². The van der Waals surface area contributed by atoms with Gasteiger partial charge in [-0.05, 0) is 6.07 Å². The lowest BCUT2D eigenvalue weighted by Crippen LogP contribution is -2.36. The molecule has 26 heavy (non-hydrogen) atoms. The first-order valence-electron chi connectivity index (χ1n) is 7.90. The third-order valence-electron chi connectivity index (χ3n) is 3.95. The number of rotatable bonds is 3. The van der Waals surface area contributed by atoms with Crippen molar-refractivity contribution in [2.24, 2.45) is 0 Å². The topological polar surface area (TPSA) is 122 Å². The Morgan fingerprint density at radius 3 is 2.65 bits per heavy atom. The van der Waals surface area contributed by atoms with Gasteiger partial charge in [-0.3, -0.25) is 14.0 Å². The normalized spacial score (nSPS) is 14.3. The summed E-state index contributed by atoms with van der Waals surface area (Å²) in [6.45, 7) is 3.61. The fourth-order valence-corrected chi connectivity index (χ4v) is 2.73. The third kappa shape index (κ3) is 3.18. The summed E-state index contributed by atoms with van der Waals surface area (Å²) < 4.78 is 11.0. The highest BCUT2D eigenvalue weighted by Gasteiger charge is 2.22. The van der Waals surface area contributed by atoms with Crippen LogP contribution in [-0.4, -0.2) is 59.8 Å². The van der Waals surface area contributed by atoms with Crippen LogP contribution in [0.5, 0.6) is 5.75 Å². The minimum atomic E-state index is -0.951. The molecule has 0 spiro atoms. The second-order valence-corrected chi connectivity index (χ2v) is 5.69. The highest BCUT2D eigenvalue weighted by molar-refractivity contribution is 5.95. The number of aromatic hydroxyl groups is 1. The number of hydrogen-bond donors (Lipinski definition) is 2. The van der Waals surface area contributed by atoms with Crippen LogP contribution in [0.15, 0.2) is 17.1 Å². The summed E-state index contributed by atoms with van der Waals surface area (Å²) in [6.07, 6.45) is 1.50. The van der Waals surface area contributed by atoms with Gasteiger partial charge in [0.2, 0.25) is 11.7 Å². The predicted octanol–water partition coefficient (Wildman–Crippen LogP) is -0.0183. The van der Waals surface area contributed by atoms with Gasteiger partial charge in [0.25, 0.3) is 0 Å². The highest BCUT2D eigenvalue weighted by atomic mass is 16.5. The minimum absolute atomic E-state index is 0.0282. The molecule has 1 aliphatic heterocycles. The molecule has 0 aromatic carbocycles. The van der Waals surface area contributed by atoms with Crippen LogP contribution in [0.3, 0.4) is 0 Å². The van der Waals surface area contributed by atoms with Crippen LogP contribution in [-0.2, 0) is 14.3 Å². The van der Waals surface area contributed by atoms with Crippen LogP contribution in [0, 0.1) is 0 Å². The van der Waals surface area contributed by atoms with Gasteiger partial charge in [0, 0.05) is 26.2 Å². The van der Waals surface area contributed by atoms with E-state index in [4.69, 9.17) is 4.74 Å². The van der Waals surface area contributed by atoms with E-state index >= 15 is 0 Å². The second kappa shape index (κ2) is 7.00. The van der Waals surface area contributed by atoms with Crippen LogP contribution in [0.1, 0.15) is 17.4 Å². The maximum absolute atomic E-state index is 12.6. The Morgan fingerprint density at radius 1 is 1.35 bits per heavy atom. The maximum Gasteiger partial charge on any atom is 0.360 e. The van der Waals surface area contributed by atoms with Crippen molar-refractivity contribution in [3.8, 4) is 5.75 Å². The van der Waals surface area contributed by atoms with Gasteiger partial charge in [0.15, 0.2) is 11.3 Å². The maximum atomic E-state index is 12.6. The smallest absolute Gasteiger partial charge is 0.360 e. The van der Waals surface area contributed by atoms with Crippen LogP contribution in [0.4, 0.5) is 11.4 Å². The average molecular weight is 362 g/mol. The summed E-state index contributed by atoms with van der Waals surface area (Å²) in [7, 11) is 1.11. The molecule has 0 bridgehead atoms. The summed E-state index contributed by atoms with van der Waals surface area (Å²) in [5.41, 5.74) is -0.428. The fraction of sp³-hybridized carbons (Fsp3) is 0.375. The molecule has 3 rings (SSSR count). The van der Waals surface area contributed by atoms with Gasteiger partial charge in [-0.25, -0.2) is 9.78 Å². The Labute approximate surface area is 148 Å². The highest BCUT2D eigenvalue weighted by Crippen LogP contribution is 2.25. The van der Waals surface area contributed by atoms with Gasteiger partial charge in [-0.15, -0.1) is 0 Å². The Morgan fingerprint density at radius 2 is 2.04 bits per heavy atom. The molecule has 2 aromatic heterocycles.